The third-order valence-electron chi connectivity index (χ3n) is 6.16. The SMILES string of the molecule is CCC(=O)[C@H](OC(C)=O)[C@H]1C(C)(C)CCC[C@]1(C)C(=O)CCc1ccoc1. The van der Waals surface area contributed by atoms with Gasteiger partial charge in [-0.3, -0.25) is 14.4 Å². The molecule has 0 N–H and O–H groups in total. The van der Waals surface area contributed by atoms with Gasteiger partial charge in [0.15, 0.2) is 11.9 Å². The maximum Gasteiger partial charge on any atom is 0.303 e. The first-order valence-corrected chi connectivity index (χ1v) is 9.86. The third-order valence-corrected chi connectivity index (χ3v) is 6.16. The van der Waals surface area contributed by atoms with E-state index in [0.717, 1.165) is 18.4 Å². The molecule has 150 valence electrons. The second-order valence-corrected chi connectivity index (χ2v) is 8.64. The average Bonchev–Trinajstić information content (AvgIpc) is 3.10. The summed E-state index contributed by atoms with van der Waals surface area (Å²) in [5.41, 5.74) is 0.0133. The fraction of sp³-hybridized carbons (Fsp3) is 0.682. The molecule has 0 unspecified atom stereocenters. The fourth-order valence-corrected chi connectivity index (χ4v) is 4.82. The fourth-order valence-electron chi connectivity index (χ4n) is 4.82. The quantitative estimate of drug-likeness (QED) is 0.624. The molecule has 1 fully saturated rings. The zero-order valence-corrected chi connectivity index (χ0v) is 17.2. The van der Waals surface area contributed by atoms with Crippen molar-refractivity contribution in [2.24, 2.45) is 16.7 Å². The van der Waals surface area contributed by atoms with Crippen LogP contribution in [-0.2, 0) is 25.5 Å². The number of rotatable bonds is 8. The van der Waals surface area contributed by atoms with E-state index in [1.807, 2.05) is 13.0 Å². The minimum absolute atomic E-state index is 0.112. The van der Waals surface area contributed by atoms with Gasteiger partial charge in [0.05, 0.1) is 12.5 Å². The summed E-state index contributed by atoms with van der Waals surface area (Å²) in [6.07, 6.45) is 6.19. The highest BCUT2D eigenvalue weighted by atomic mass is 16.5. The average molecular weight is 376 g/mol. The highest BCUT2D eigenvalue weighted by molar-refractivity contribution is 5.89. The minimum Gasteiger partial charge on any atom is -0.472 e. The number of hydrogen-bond donors (Lipinski definition) is 0. The number of esters is 1. The summed E-state index contributed by atoms with van der Waals surface area (Å²) >= 11 is 0. The number of furan rings is 1. The Kier molecular flexibility index (Phi) is 6.66. The van der Waals surface area contributed by atoms with Crippen molar-refractivity contribution < 1.29 is 23.5 Å². The second kappa shape index (κ2) is 8.41. The van der Waals surface area contributed by atoms with E-state index in [9.17, 15) is 14.4 Å². The first-order valence-electron chi connectivity index (χ1n) is 9.86. The number of hydrogen-bond acceptors (Lipinski definition) is 5. The predicted molar refractivity (Wildman–Crippen MR) is 102 cm³/mol. The Bertz CT molecular complexity index is 673. The number of ether oxygens (including phenoxy) is 1. The number of carbonyl (C=O) groups excluding carboxylic acids is 3. The number of aryl methyl sites for hydroxylation is 1. The molecule has 5 heteroatoms. The first kappa shape index (κ1) is 21.4. The topological polar surface area (TPSA) is 73.6 Å². The molecular formula is C22H32O5. The van der Waals surface area contributed by atoms with Gasteiger partial charge in [-0.1, -0.05) is 34.1 Å². The highest BCUT2D eigenvalue weighted by Crippen LogP contribution is 2.54. The van der Waals surface area contributed by atoms with Crippen LogP contribution >= 0.6 is 0 Å². The van der Waals surface area contributed by atoms with Crippen molar-refractivity contribution in [3.05, 3.63) is 24.2 Å². The Labute approximate surface area is 161 Å². The van der Waals surface area contributed by atoms with Gasteiger partial charge in [-0.15, -0.1) is 0 Å². The van der Waals surface area contributed by atoms with E-state index in [-0.39, 0.29) is 29.3 Å². The summed E-state index contributed by atoms with van der Waals surface area (Å²) in [6, 6.07) is 1.86. The number of Topliss-reactive ketones (excluding diaryl/α,β-unsaturated/α-hetero) is 2. The first-order chi connectivity index (χ1) is 12.6. The van der Waals surface area contributed by atoms with Crippen LogP contribution in [-0.4, -0.2) is 23.6 Å². The molecule has 1 aliphatic rings. The van der Waals surface area contributed by atoms with Crippen LogP contribution in [0.5, 0.6) is 0 Å². The molecule has 0 spiro atoms. The van der Waals surface area contributed by atoms with E-state index in [4.69, 9.17) is 9.15 Å². The molecule has 2 rings (SSSR count). The highest BCUT2D eigenvalue weighted by Gasteiger charge is 2.55. The summed E-state index contributed by atoms with van der Waals surface area (Å²) in [4.78, 5) is 37.7. The maximum atomic E-state index is 13.3. The van der Waals surface area contributed by atoms with Crippen LogP contribution in [0.4, 0.5) is 0 Å². The molecule has 5 nitrogen and oxygen atoms in total. The van der Waals surface area contributed by atoms with E-state index < -0.39 is 17.5 Å². The minimum atomic E-state index is -0.870. The molecule has 3 atom stereocenters. The summed E-state index contributed by atoms with van der Waals surface area (Å²) in [5, 5.41) is 0. The molecule has 27 heavy (non-hydrogen) atoms. The van der Waals surface area contributed by atoms with Gasteiger partial charge in [0.2, 0.25) is 0 Å². The molecular weight excluding hydrogens is 344 g/mol. The van der Waals surface area contributed by atoms with Gasteiger partial charge >= 0.3 is 5.97 Å². The Morgan fingerprint density at radius 1 is 1.26 bits per heavy atom. The lowest BCUT2D eigenvalue weighted by Gasteiger charge is -2.52. The van der Waals surface area contributed by atoms with E-state index >= 15 is 0 Å². The summed E-state index contributed by atoms with van der Waals surface area (Å²) in [7, 11) is 0. The zero-order chi connectivity index (χ0) is 20.2. The molecule has 0 aromatic carbocycles. The van der Waals surface area contributed by atoms with Crippen LogP contribution in [0.15, 0.2) is 23.0 Å². The number of carbonyl (C=O) groups is 3. The lowest BCUT2D eigenvalue weighted by Crippen LogP contribution is -2.55. The van der Waals surface area contributed by atoms with E-state index in [2.05, 4.69) is 13.8 Å². The summed E-state index contributed by atoms with van der Waals surface area (Å²) in [5.74, 6) is -0.787. The van der Waals surface area contributed by atoms with Gasteiger partial charge in [0, 0.05) is 31.1 Å². The Hall–Kier alpha value is -1.91. The van der Waals surface area contributed by atoms with E-state index in [1.54, 1.807) is 19.5 Å². The van der Waals surface area contributed by atoms with Gasteiger partial charge in [0.25, 0.3) is 0 Å². The van der Waals surface area contributed by atoms with Crippen LogP contribution in [0.25, 0.3) is 0 Å². The standard InChI is InChI=1S/C22H32O5/c1-6-17(24)19(27-15(2)23)20-21(3,4)11-7-12-22(20,5)18(25)9-8-16-10-13-26-14-16/h10,13-14,19-20H,6-9,11-12H2,1-5H3/t19-,20-,22+/m0/s1. The Morgan fingerprint density at radius 2 is 1.96 bits per heavy atom. The van der Waals surface area contributed by atoms with Crippen LogP contribution in [0.3, 0.4) is 0 Å². The largest absolute Gasteiger partial charge is 0.472 e. The Balaban J connectivity index is 2.35. The van der Waals surface area contributed by atoms with Gasteiger partial charge in [-0.2, -0.15) is 0 Å². The molecule has 0 amide bonds. The summed E-state index contributed by atoms with van der Waals surface area (Å²) < 4.78 is 10.6. The van der Waals surface area contributed by atoms with Crippen molar-refractivity contribution >= 4 is 17.5 Å². The van der Waals surface area contributed by atoms with Gasteiger partial charge < -0.3 is 9.15 Å². The van der Waals surface area contributed by atoms with Gasteiger partial charge in [-0.25, -0.2) is 0 Å². The normalized spacial score (nSPS) is 25.6. The third kappa shape index (κ3) is 4.69. The van der Waals surface area contributed by atoms with Gasteiger partial charge in [0.1, 0.15) is 5.78 Å². The molecule has 0 aliphatic heterocycles. The van der Waals surface area contributed by atoms with Crippen molar-refractivity contribution in [1.29, 1.82) is 0 Å². The molecule has 1 aliphatic carbocycles. The molecule has 1 aromatic heterocycles. The lowest BCUT2D eigenvalue weighted by molar-refractivity contribution is -0.172. The van der Waals surface area contributed by atoms with Crippen LogP contribution in [0.1, 0.15) is 72.3 Å². The maximum absolute atomic E-state index is 13.3. The van der Waals surface area contributed by atoms with E-state index in [1.165, 1.54) is 6.92 Å². The van der Waals surface area contributed by atoms with Crippen molar-refractivity contribution in [2.45, 2.75) is 79.2 Å². The monoisotopic (exact) mass is 376 g/mol. The van der Waals surface area contributed by atoms with Crippen molar-refractivity contribution in [3.8, 4) is 0 Å². The molecule has 0 bridgehead atoms. The zero-order valence-electron chi connectivity index (χ0n) is 17.2. The number of ketones is 2. The molecule has 1 aromatic rings. The Morgan fingerprint density at radius 3 is 2.52 bits per heavy atom. The van der Waals surface area contributed by atoms with Crippen LogP contribution in [0.2, 0.25) is 0 Å². The van der Waals surface area contributed by atoms with Crippen molar-refractivity contribution in [2.75, 3.05) is 0 Å². The predicted octanol–water partition coefficient (Wildman–Crippen LogP) is 4.52. The van der Waals surface area contributed by atoms with Crippen molar-refractivity contribution in [1.82, 2.24) is 0 Å². The summed E-state index contributed by atoms with van der Waals surface area (Å²) in [6.45, 7) is 9.21. The smallest absolute Gasteiger partial charge is 0.303 e. The van der Waals surface area contributed by atoms with Crippen molar-refractivity contribution in [3.63, 3.8) is 0 Å². The molecule has 1 saturated carbocycles. The van der Waals surface area contributed by atoms with Crippen LogP contribution < -0.4 is 0 Å². The lowest BCUT2D eigenvalue weighted by atomic mass is 9.52. The molecule has 1 heterocycles. The van der Waals surface area contributed by atoms with Gasteiger partial charge in [-0.05, 0) is 36.3 Å². The molecule has 0 saturated heterocycles. The molecule has 0 radical (unpaired) electrons. The second-order valence-electron chi connectivity index (χ2n) is 8.64. The van der Waals surface area contributed by atoms with Crippen LogP contribution in [0, 0.1) is 16.7 Å². The van der Waals surface area contributed by atoms with E-state index in [0.29, 0.717) is 19.3 Å².